The number of likely N-dealkylation sites (tertiary alicyclic amines) is 1. The van der Waals surface area contributed by atoms with E-state index in [-0.39, 0.29) is 30.4 Å². The predicted octanol–water partition coefficient (Wildman–Crippen LogP) is 1.98. The average Bonchev–Trinajstić information content (AvgIpc) is 2.70. The Kier molecular flexibility index (Phi) is 5.26. The van der Waals surface area contributed by atoms with Crippen molar-refractivity contribution in [1.29, 1.82) is 0 Å². The molecule has 0 unspecified atom stereocenters. The van der Waals surface area contributed by atoms with Gasteiger partial charge in [-0.2, -0.15) is 0 Å². The number of carbonyl (C=O) groups is 3. The number of carbonyl (C=O) groups excluding carboxylic acids is 3. The van der Waals surface area contributed by atoms with Crippen molar-refractivity contribution < 1.29 is 28.6 Å². The van der Waals surface area contributed by atoms with E-state index in [2.05, 4.69) is 11.7 Å². The van der Waals surface area contributed by atoms with Crippen LogP contribution in [0.1, 0.15) is 32.6 Å². The molecule has 0 N–H and O–H groups in total. The van der Waals surface area contributed by atoms with E-state index in [0.717, 1.165) is 6.42 Å². The van der Waals surface area contributed by atoms with Crippen LogP contribution >= 0.6 is 0 Å². The van der Waals surface area contributed by atoms with Gasteiger partial charge in [-0.3, -0.25) is 4.79 Å². The summed E-state index contributed by atoms with van der Waals surface area (Å²) in [7, 11) is 2.59. The number of hydrogen-bond donors (Lipinski definition) is 0. The predicted molar refractivity (Wildman–Crippen MR) is 76.3 cm³/mol. The molecule has 0 aromatic carbocycles. The fraction of sp³-hybridized carbons (Fsp3) is 0.800. The molecule has 0 aromatic rings. The Bertz CT molecular complexity index is 451. The Balaban J connectivity index is 2.14. The van der Waals surface area contributed by atoms with Gasteiger partial charge in [0.1, 0.15) is 5.78 Å². The molecule has 0 radical (unpaired) electrons. The monoisotopic (exact) mass is 313 g/mol. The third kappa shape index (κ3) is 3.03. The van der Waals surface area contributed by atoms with Gasteiger partial charge >= 0.3 is 12.2 Å². The van der Waals surface area contributed by atoms with Crippen molar-refractivity contribution >= 4 is 18.0 Å². The highest BCUT2D eigenvalue weighted by atomic mass is 16.7. The Hall–Kier alpha value is -1.79. The van der Waals surface area contributed by atoms with E-state index in [0.29, 0.717) is 25.2 Å². The summed E-state index contributed by atoms with van der Waals surface area (Å²) in [5.41, 5.74) is 0. The van der Waals surface area contributed by atoms with Gasteiger partial charge in [-0.15, -0.1) is 0 Å². The molecule has 1 aliphatic heterocycles. The molecule has 7 heteroatoms. The van der Waals surface area contributed by atoms with Crippen LogP contribution < -0.4 is 0 Å². The van der Waals surface area contributed by atoms with Crippen molar-refractivity contribution in [3.63, 3.8) is 0 Å². The summed E-state index contributed by atoms with van der Waals surface area (Å²) >= 11 is 0. The number of ether oxygens (including phenoxy) is 3. The molecule has 2 bridgehead atoms. The fourth-order valence-electron chi connectivity index (χ4n) is 3.97. The van der Waals surface area contributed by atoms with E-state index in [9.17, 15) is 14.4 Å². The van der Waals surface area contributed by atoms with E-state index >= 15 is 0 Å². The van der Waals surface area contributed by atoms with Crippen molar-refractivity contribution in [1.82, 2.24) is 4.90 Å². The standard InChI is InChI=1S/C15H23NO6/c1-4-10-11-7-9(17)8-13(10)16(14(18)20-2)12(11)5-6-22-15(19)21-3/h10-13H,4-8H2,1-3H3/t10-,11-,12+,13+/m0/s1. The van der Waals surface area contributed by atoms with Gasteiger partial charge in [0.15, 0.2) is 0 Å². The first kappa shape index (κ1) is 16.6. The lowest BCUT2D eigenvalue weighted by molar-refractivity contribution is -0.122. The Morgan fingerprint density at radius 1 is 1.23 bits per heavy atom. The number of ketones is 1. The molecule has 22 heavy (non-hydrogen) atoms. The second-order valence-electron chi connectivity index (χ2n) is 5.79. The molecule has 2 fully saturated rings. The SMILES string of the molecule is CC[C@H]1[C@@H]2CC(=O)C[C@H]1N(C(=O)OC)[C@@H]2CCOC(=O)OC. The lowest BCUT2D eigenvalue weighted by Gasteiger charge is -2.29. The lowest BCUT2D eigenvalue weighted by Crippen LogP contribution is -2.43. The van der Waals surface area contributed by atoms with Crippen molar-refractivity contribution in [2.45, 2.75) is 44.7 Å². The van der Waals surface area contributed by atoms with Gasteiger partial charge in [0.05, 0.1) is 20.8 Å². The first-order valence-electron chi connectivity index (χ1n) is 7.62. The van der Waals surface area contributed by atoms with Crippen LogP contribution in [0.5, 0.6) is 0 Å². The van der Waals surface area contributed by atoms with Crippen LogP contribution in [-0.4, -0.2) is 55.8 Å². The van der Waals surface area contributed by atoms with Crippen LogP contribution in [0.4, 0.5) is 9.59 Å². The van der Waals surface area contributed by atoms with Gasteiger partial charge in [-0.1, -0.05) is 13.3 Å². The molecule has 0 aromatic heterocycles. The van der Waals surface area contributed by atoms with Crippen LogP contribution in [-0.2, 0) is 19.0 Å². The van der Waals surface area contributed by atoms with Crippen LogP contribution in [0, 0.1) is 11.8 Å². The van der Waals surface area contributed by atoms with Gasteiger partial charge < -0.3 is 19.1 Å². The Morgan fingerprint density at radius 3 is 2.55 bits per heavy atom. The molecule has 1 saturated carbocycles. The summed E-state index contributed by atoms with van der Waals surface area (Å²) < 4.78 is 14.3. The fourth-order valence-corrected chi connectivity index (χ4v) is 3.97. The first-order valence-corrected chi connectivity index (χ1v) is 7.62. The number of amides is 1. The summed E-state index contributed by atoms with van der Waals surface area (Å²) in [5.74, 6) is 0.585. The summed E-state index contributed by atoms with van der Waals surface area (Å²) in [4.78, 5) is 36.8. The Morgan fingerprint density at radius 2 is 1.95 bits per heavy atom. The zero-order valence-electron chi connectivity index (χ0n) is 13.2. The minimum atomic E-state index is -0.742. The molecule has 1 aliphatic carbocycles. The molecule has 2 aliphatic rings. The summed E-state index contributed by atoms with van der Waals surface area (Å²) in [5, 5.41) is 0. The molecule has 1 saturated heterocycles. The highest BCUT2D eigenvalue weighted by molar-refractivity contribution is 5.82. The van der Waals surface area contributed by atoms with E-state index in [4.69, 9.17) is 9.47 Å². The van der Waals surface area contributed by atoms with Crippen LogP contribution in [0.2, 0.25) is 0 Å². The molecular weight excluding hydrogens is 290 g/mol. The summed E-state index contributed by atoms with van der Waals surface area (Å²) in [6.07, 6.45) is 1.10. The summed E-state index contributed by atoms with van der Waals surface area (Å²) in [6.45, 7) is 2.22. The minimum Gasteiger partial charge on any atom is -0.453 e. The average molecular weight is 313 g/mol. The number of nitrogens with zero attached hydrogens (tertiary/aromatic N) is 1. The Labute approximate surface area is 129 Å². The van der Waals surface area contributed by atoms with Crippen molar-refractivity contribution in [2.75, 3.05) is 20.8 Å². The smallest absolute Gasteiger partial charge is 0.453 e. The molecular formula is C15H23NO6. The first-order chi connectivity index (χ1) is 10.5. The molecule has 0 spiro atoms. The highest BCUT2D eigenvalue weighted by Gasteiger charge is 2.54. The zero-order chi connectivity index (χ0) is 16.3. The molecule has 1 amide bonds. The second kappa shape index (κ2) is 6.98. The minimum absolute atomic E-state index is 0.105. The van der Waals surface area contributed by atoms with E-state index in [1.54, 1.807) is 4.90 Å². The molecule has 7 nitrogen and oxygen atoms in total. The lowest BCUT2D eigenvalue weighted by atomic mass is 9.75. The third-order valence-electron chi connectivity index (χ3n) is 4.81. The maximum atomic E-state index is 12.1. The normalized spacial score (nSPS) is 30.1. The largest absolute Gasteiger partial charge is 0.507 e. The molecule has 1 heterocycles. The van der Waals surface area contributed by atoms with E-state index in [1.165, 1.54) is 14.2 Å². The maximum absolute atomic E-state index is 12.1. The second-order valence-corrected chi connectivity index (χ2v) is 5.79. The van der Waals surface area contributed by atoms with Gasteiger partial charge in [-0.05, 0) is 11.8 Å². The number of fused-ring (bicyclic) bond motifs is 2. The van der Waals surface area contributed by atoms with E-state index < -0.39 is 12.2 Å². The van der Waals surface area contributed by atoms with Crippen molar-refractivity contribution in [3.05, 3.63) is 0 Å². The number of hydrogen-bond acceptors (Lipinski definition) is 6. The van der Waals surface area contributed by atoms with Crippen LogP contribution in [0.3, 0.4) is 0 Å². The highest BCUT2D eigenvalue weighted by Crippen LogP contribution is 2.46. The number of methoxy groups -OCH3 is 2. The molecule has 124 valence electrons. The summed E-state index contributed by atoms with van der Waals surface area (Å²) in [6, 6.07) is -0.245. The van der Waals surface area contributed by atoms with Crippen molar-refractivity contribution in [2.24, 2.45) is 11.8 Å². The van der Waals surface area contributed by atoms with Gasteiger partial charge in [0.2, 0.25) is 0 Å². The number of Topliss-reactive ketones (excluding diaryl/α,β-unsaturated/α-hetero) is 1. The third-order valence-corrected chi connectivity index (χ3v) is 4.81. The quantitative estimate of drug-likeness (QED) is 0.738. The van der Waals surface area contributed by atoms with Gasteiger partial charge in [0.25, 0.3) is 0 Å². The van der Waals surface area contributed by atoms with Gasteiger partial charge in [0, 0.05) is 31.3 Å². The van der Waals surface area contributed by atoms with E-state index in [1.807, 2.05) is 0 Å². The molecule has 4 atom stereocenters. The maximum Gasteiger partial charge on any atom is 0.507 e. The number of rotatable bonds is 4. The van der Waals surface area contributed by atoms with Gasteiger partial charge in [-0.25, -0.2) is 9.59 Å². The van der Waals surface area contributed by atoms with Crippen molar-refractivity contribution in [3.8, 4) is 0 Å². The molecule has 2 rings (SSSR count). The topological polar surface area (TPSA) is 82.1 Å². The van der Waals surface area contributed by atoms with Crippen LogP contribution in [0.25, 0.3) is 0 Å². The zero-order valence-corrected chi connectivity index (χ0v) is 13.2. The van der Waals surface area contributed by atoms with Crippen LogP contribution in [0.15, 0.2) is 0 Å².